The van der Waals surface area contributed by atoms with Crippen molar-refractivity contribution in [2.45, 2.75) is 65.4 Å². The number of nitrogen functional groups attached to an aromatic ring is 3. The van der Waals surface area contributed by atoms with E-state index in [1.807, 2.05) is 168 Å². The summed E-state index contributed by atoms with van der Waals surface area (Å²) < 4.78 is 40.5. The normalized spacial score (nSPS) is 13.5. The molecular formula is C85H86Br2ClN17O10S3. The van der Waals surface area contributed by atoms with Gasteiger partial charge in [0, 0.05) is 55.1 Å². The number of hydrogen-bond donors (Lipinski definition) is 6. The zero-order valence-corrected chi connectivity index (χ0v) is 72.0. The quantitative estimate of drug-likeness (QED) is 0.0493. The lowest BCUT2D eigenvalue weighted by Gasteiger charge is -2.31. The Hall–Kier alpha value is -11.4. The number of sulfone groups is 1. The van der Waals surface area contributed by atoms with E-state index < -0.39 is 45.7 Å². The Morgan fingerprint density at radius 2 is 0.814 bits per heavy atom. The van der Waals surface area contributed by atoms with Gasteiger partial charge in [0.15, 0.2) is 44.4 Å². The number of carbonyl (C=O) groups is 3. The molecule has 3 amide bonds. The van der Waals surface area contributed by atoms with Gasteiger partial charge in [-0.25, -0.2) is 38.3 Å². The number of aromatic nitrogens is 9. The molecule has 33 heteroatoms. The Labute approximate surface area is 715 Å². The SMILES string of the molecule is Cc1c([C@H](C)NC(=O)c2nc(-c3cccc(CS(C)(=O)=O)c3)cnc2N)n(-c2ccccc2)c(=O)c2c(N3CCOCC3)cccc12.Cc1c([C@H](C)NC(=O)c2nc(Br)cnc2N)n(-c2ccccc2)c(=O)c2c(Cl)cccc12.Cc1c([C@H](C)NC(=O)c2nc(Br)cnc2N)n(-c2ccccc2)c(=O)c2c(N3CCOCC3)cccc12.S.S. The Kier molecular flexibility index (Phi) is 28.1. The maximum absolute atomic E-state index is 14.5. The predicted octanol–water partition coefficient (Wildman–Crippen LogP) is 12.8. The van der Waals surface area contributed by atoms with Gasteiger partial charge >= 0.3 is 0 Å². The fraction of sp³-hybridized carbons (Fsp3) is 0.224. The van der Waals surface area contributed by atoms with E-state index in [2.05, 4.69) is 87.5 Å². The van der Waals surface area contributed by atoms with E-state index in [1.165, 1.54) is 24.8 Å². The monoisotopic (exact) mass is 1790 g/mol. The molecule has 13 aromatic rings. The van der Waals surface area contributed by atoms with Crippen molar-refractivity contribution in [1.29, 1.82) is 0 Å². The van der Waals surface area contributed by atoms with Gasteiger partial charge in [-0.15, -0.1) is 0 Å². The van der Waals surface area contributed by atoms with Gasteiger partial charge < -0.3 is 52.4 Å². The molecule has 118 heavy (non-hydrogen) atoms. The number of ether oxygens (including phenoxy) is 2. The first-order valence-corrected chi connectivity index (χ1v) is 41.1. The molecule has 0 radical (unpaired) electrons. The Morgan fingerprint density at radius 3 is 1.19 bits per heavy atom. The summed E-state index contributed by atoms with van der Waals surface area (Å²) in [6, 6.07) is 50.3. The lowest BCUT2D eigenvalue weighted by atomic mass is 9.99. The summed E-state index contributed by atoms with van der Waals surface area (Å²) in [5.41, 5.74) is 27.1. The molecule has 9 N–H and O–H groups in total. The van der Waals surface area contributed by atoms with E-state index in [1.54, 1.807) is 57.0 Å². The third-order valence-corrected chi connectivity index (χ3v) is 22.0. The van der Waals surface area contributed by atoms with Crippen LogP contribution in [0.5, 0.6) is 0 Å². The van der Waals surface area contributed by atoms with Crippen LogP contribution < -0.4 is 59.6 Å². The number of para-hydroxylation sites is 3. The molecule has 2 aliphatic rings. The first-order chi connectivity index (χ1) is 55.7. The van der Waals surface area contributed by atoms with Crippen molar-refractivity contribution in [3.05, 3.63) is 290 Å². The second kappa shape index (κ2) is 37.9. The summed E-state index contributed by atoms with van der Waals surface area (Å²) >= 11 is 12.9. The second-order valence-corrected chi connectivity index (χ2v) is 32.1. The molecule has 0 saturated carbocycles. The standard InChI is InChI=1S/C35H36N6O5S.C27H27BrN6O3.C23H19BrClN5O2.2H2S/c1-22-27-13-8-14-29(40-15-17-46-18-16-40)30(27)35(43)41(26-11-5-4-6-12-26)32(22)23(2)38-34(42)31-33(36)37-20-28(39-31)25-10-7-9-24(19-25)21-47(3,44)45;1-16-19-9-6-10-20(33-11-13-37-14-12-33)22(19)27(36)34(18-7-4-3-5-8-18)24(16)17(2)31-26(35)23-25(29)30-15-21(28)32-23;1-12-15-9-6-10-16(25)18(15)23(32)30(14-7-4-3-5-8-14)20(12)13(2)28-22(31)19-21(26)27-11-17(24)29-19;;/h4-14,19-20,23H,15-18,21H2,1-3H3,(H2,36,37)(H,38,42);3-10,15,17H,11-14H2,1-2H3,(H2,29,30)(H,31,35);3-11,13H,1-2H3,(H2,26,27)(H,28,31);2*1H2/t23-;17-;13-;;/m000../s1. The van der Waals surface area contributed by atoms with E-state index >= 15 is 0 Å². The molecule has 3 atom stereocenters. The van der Waals surface area contributed by atoms with Crippen LogP contribution in [-0.4, -0.2) is 129 Å². The highest BCUT2D eigenvalue weighted by Gasteiger charge is 2.31. The van der Waals surface area contributed by atoms with E-state index in [9.17, 15) is 37.2 Å². The number of benzene rings is 7. The van der Waals surface area contributed by atoms with Crippen molar-refractivity contribution >= 4 is 159 Å². The first kappa shape index (κ1) is 87.5. The first-order valence-electron chi connectivity index (χ1n) is 37.1. The van der Waals surface area contributed by atoms with Crippen LogP contribution in [0.15, 0.2) is 212 Å². The number of rotatable bonds is 17. The highest BCUT2D eigenvalue weighted by atomic mass is 79.9. The van der Waals surface area contributed by atoms with Crippen molar-refractivity contribution < 1.29 is 32.3 Å². The number of halogens is 3. The van der Waals surface area contributed by atoms with Gasteiger partial charge in [0.25, 0.3) is 34.4 Å². The van der Waals surface area contributed by atoms with Gasteiger partial charge in [-0.1, -0.05) is 121 Å². The fourth-order valence-electron chi connectivity index (χ4n) is 14.9. The summed E-state index contributed by atoms with van der Waals surface area (Å²) in [4.78, 5) is 112. The molecule has 2 fully saturated rings. The van der Waals surface area contributed by atoms with E-state index in [0.29, 0.717) is 134 Å². The maximum Gasteiger partial charge on any atom is 0.274 e. The van der Waals surface area contributed by atoms with Crippen LogP contribution in [0.4, 0.5) is 28.8 Å². The number of amides is 3. The van der Waals surface area contributed by atoms with Crippen molar-refractivity contribution in [1.82, 2.24) is 59.6 Å². The van der Waals surface area contributed by atoms with Crippen LogP contribution in [0.25, 0.3) is 60.6 Å². The van der Waals surface area contributed by atoms with Crippen LogP contribution in [0.2, 0.25) is 5.02 Å². The number of anilines is 5. The Balaban J connectivity index is 0.000000176. The highest BCUT2D eigenvalue weighted by Crippen LogP contribution is 2.36. The smallest absolute Gasteiger partial charge is 0.274 e. The highest BCUT2D eigenvalue weighted by molar-refractivity contribution is 9.10. The molecule has 0 spiro atoms. The van der Waals surface area contributed by atoms with E-state index in [4.69, 9.17) is 38.3 Å². The number of aryl methyl sites for hydroxylation is 3. The summed E-state index contributed by atoms with van der Waals surface area (Å²) in [5.74, 6) is -1.69. The zero-order valence-electron chi connectivity index (χ0n) is 65.3. The molecule has 7 aromatic carbocycles. The molecule has 8 heterocycles. The van der Waals surface area contributed by atoms with Crippen LogP contribution in [0.1, 0.15) is 110 Å². The van der Waals surface area contributed by atoms with Crippen LogP contribution >= 0.6 is 70.5 Å². The van der Waals surface area contributed by atoms with Crippen LogP contribution in [-0.2, 0) is 25.1 Å². The van der Waals surface area contributed by atoms with Crippen molar-refractivity contribution in [2.24, 2.45) is 0 Å². The number of hydrogen-bond acceptors (Lipinski definition) is 21. The van der Waals surface area contributed by atoms with Gasteiger partial charge in [0.05, 0.1) is 124 Å². The molecular weight excluding hydrogens is 1710 g/mol. The lowest BCUT2D eigenvalue weighted by Crippen LogP contribution is -2.38. The number of fused-ring (bicyclic) bond motifs is 3. The molecule has 0 aliphatic carbocycles. The third kappa shape index (κ3) is 18.8. The van der Waals surface area contributed by atoms with Gasteiger partial charge in [0.2, 0.25) is 0 Å². The minimum Gasteiger partial charge on any atom is -0.382 e. The van der Waals surface area contributed by atoms with Gasteiger partial charge in [-0.2, -0.15) is 27.0 Å². The summed E-state index contributed by atoms with van der Waals surface area (Å²) in [6.07, 6.45) is 5.47. The van der Waals surface area contributed by atoms with Crippen molar-refractivity contribution in [3.8, 4) is 28.3 Å². The number of nitrogens with one attached hydrogen (secondary N) is 3. The summed E-state index contributed by atoms with van der Waals surface area (Å²) in [5, 5.41) is 13.3. The molecule has 2 aliphatic heterocycles. The van der Waals surface area contributed by atoms with E-state index in [0.717, 1.165) is 44.2 Å². The minimum atomic E-state index is -3.25. The lowest BCUT2D eigenvalue weighted by molar-refractivity contribution is 0.0925. The number of morpholine rings is 2. The average molecular weight is 1800 g/mol. The van der Waals surface area contributed by atoms with Gasteiger partial charge in [-0.3, -0.25) is 42.5 Å². The van der Waals surface area contributed by atoms with Crippen LogP contribution in [0.3, 0.4) is 0 Å². The molecule has 0 unspecified atom stereocenters. The molecule has 6 aromatic heterocycles. The number of nitrogens with zero attached hydrogens (tertiary/aromatic N) is 11. The van der Waals surface area contributed by atoms with E-state index in [-0.39, 0.29) is 84.0 Å². The van der Waals surface area contributed by atoms with Gasteiger partial charge in [0.1, 0.15) is 9.21 Å². The fourth-order valence-corrected chi connectivity index (χ4v) is 16.5. The summed E-state index contributed by atoms with van der Waals surface area (Å²) in [6.45, 7) is 16.5. The molecule has 2 saturated heterocycles. The predicted molar refractivity (Wildman–Crippen MR) is 481 cm³/mol. The minimum absolute atomic E-state index is 0. The summed E-state index contributed by atoms with van der Waals surface area (Å²) in [7, 11) is -3.25. The third-order valence-electron chi connectivity index (χ3n) is 20.1. The number of nitrogens with two attached hydrogens (primary N) is 3. The van der Waals surface area contributed by atoms with Crippen molar-refractivity contribution in [3.63, 3.8) is 0 Å². The van der Waals surface area contributed by atoms with Crippen LogP contribution in [0, 0.1) is 20.8 Å². The average Bonchev–Trinajstić information content (AvgIpc) is 0.744. The Bertz CT molecular complexity index is 6290. The maximum atomic E-state index is 14.5. The number of pyridine rings is 3. The second-order valence-electron chi connectivity index (χ2n) is 27.9. The molecule has 27 nitrogen and oxygen atoms in total. The molecule has 0 bridgehead atoms. The zero-order chi connectivity index (χ0) is 82.4. The largest absolute Gasteiger partial charge is 0.382 e. The van der Waals surface area contributed by atoms with Crippen molar-refractivity contribution in [2.75, 3.05) is 85.9 Å². The molecule has 610 valence electrons. The van der Waals surface area contributed by atoms with Gasteiger partial charge in [-0.05, 0) is 172 Å². The topological polar surface area (TPSA) is 368 Å². The Morgan fingerprint density at radius 1 is 0.475 bits per heavy atom. The molecule has 15 rings (SSSR count). The number of carbonyl (C=O) groups excluding carboxylic acids is 3.